The van der Waals surface area contributed by atoms with Gasteiger partial charge in [0.15, 0.2) is 0 Å². The van der Waals surface area contributed by atoms with E-state index in [-0.39, 0.29) is 11.3 Å². The molecule has 0 unspecified atom stereocenters. The number of amides is 1. The van der Waals surface area contributed by atoms with Crippen LogP contribution in [0.5, 0.6) is 5.75 Å². The number of phenolic OH excluding ortho intramolecular Hbond substituents is 1. The van der Waals surface area contributed by atoms with Crippen molar-refractivity contribution in [3.8, 4) is 5.75 Å². The van der Waals surface area contributed by atoms with Gasteiger partial charge < -0.3 is 10.0 Å². The zero-order valence-electron chi connectivity index (χ0n) is 10.8. The van der Waals surface area contributed by atoms with Gasteiger partial charge >= 0.3 is 0 Å². The van der Waals surface area contributed by atoms with E-state index in [1.807, 2.05) is 24.3 Å². The van der Waals surface area contributed by atoms with Crippen LogP contribution in [0.15, 0.2) is 46.9 Å². The molecule has 5 heteroatoms. The molecule has 20 heavy (non-hydrogen) atoms. The molecule has 0 aliphatic heterocycles. The number of benzene rings is 2. The van der Waals surface area contributed by atoms with Gasteiger partial charge in [-0.2, -0.15) is 0 Å². The average Bonchev–Trinajstić information content (AvgIpc) is 2.40. The third-order valence-corrected chi connectivity index (χ3v) is 3.67. The summed E-state index contributed by atoms with van der Waals surface area (Å²) in [5.74, 6) is -1.36. The first-order valence-electron chi connectivity index (χ1n) is 5.96. The third-order valence-electron chi connectivity index (χ3n) is 2.90. The van der Waals surface area contributed by atoms with Crippen LogP contribution in [-0.2, 0) is 6.54 Å². The van der Waals surface area contributed by atoms with Crippen LogP contribution in [-0.4, -0.2) is 23.0 Å². The van der Waals surface area contributed by atoms with Crippen LogP contribution < -0.4 is 0 Å². The standard InChI is InChI=1S/C15H13BrFNO2/c1-18(9-10-4-2-3-5-13(10)16)15(20)12-7-6-11(19)8-14(12)17/h2-8,19H,9H2,1H3. The molecule has 104 valence electrons. The smallest absolute Gasteiger partial charge is 0.256 e. The Morgan fingerprint density at radius 2 is 2.00 bits per heavy atom. The van der Waals surface area contributed by atoms with E-state index in [1.54, 1.807) is 7.05 Å². The Labute approximate surface area is 124 Å². The Hall–Kier alpha value is -1.88. The molecule has 1 amide bonds. The van der Waals surface area contributed by atoms with E-state index in [4.69, 9.17) is 5.11 Å². The first kappa shape index (κ1) is 14.5. The minimum absolute atomic E-state index is 0.0580. The first-order valence-corrected chi connectivity index (χ1v) is 6.75. The summed E-state index contributed by atoms with van der Waals surface area (Å²) >= 11 is 3.41. The van der Waals surface area contributed by atoms with Crippen LogP contribution in [0.2, 0.25) is 0 Å². The number of phenols is 1. The molecule has 2 aromatic rings. The highest BCUT2D eigenvalue weighted by Gasteiger charge is 2.17. The maximum absolute atomic E-state index is 13.7. The van der Waals surface area contributed by atoms with Crippen molar-refractivity contribution in [3.63, 3.8) is 0 Å². The lowest BCUT2D eigenvalue weighted by Gasteiger charge is -2.18. The topological polar surface area (TPSA) is 40.5 Å². The summed E-state index contributed by atoms with van der Waals surface area (Å²) in [5.41, 5.74) is 0.875. The van der Waals surface area contributed by atoms with E-state index >= 15 is 0 Å². The molecule has 0 heterocycles. The summed E-state index contributed by atoms with van der Waals surface area (Å²) in [6.07, 6.45) is 0. The summed E-state index contributed by atoms with van der Waals surface area (Å²) in [5, 5.41) is 9.16. The Balaban J connectivity index is 2.19. The highest BCUT2D eigenvalue weighted by Crippen LogP contribution is 2.20. The van der Waals surface area contributed by atoms with Gasteiger partial charge in [0.25, 0.3) is 5.91 Å². The molecule has 0 fully saturated rings. The Kier molecular flexibility index (Phi) is 4.39. The molecule has 0 aliphatic rings. The molecule has 2 rings (SSSR count). The summed E-state index contributed by atoms with van der Waals surface area (Å²) in [6, 6.07) is 11.0. The zero-order chi connectivity index (χ0) is 14.7. The van der Waals surface area contributed by atoms with Gasteiger partial charge in [0, 0.05) is 24.1 Å². The molecule has 0 aromatic heterocycles. The normalized spacial score (nSPS) is 10.3. The lowest BCUT2D eigenvalue weighted by molar-refractivity contribution is 0.0780. The van der Waals surface area contributed by atoms with E-state index in [9.17, 15) is 9.18 Å². The van der Waals surface area contributed by atoms with E-state index < -0.39 is 11.7 Å². The number of hydrogen-bond donors (Lipinski definition) is 1. The van der Waals surface area contributed by atoms with Gasteiger partial charge in [-0.3, -0.25) is 4.79 Å². The van der Waals surface area contributed by atoms with Crippen molar-refractivity contribution < 1.29 is 14.3 Å². The fraction of sp³-hybridized carbons (Fsp3) is 0.133. The zero-order valence-corrected chi connectivity index (χ0v) is 12.4. The molecule has 0 atom stereocenters. The number of aromatic hydroxyl groups is 1. The van der Waals surface area contributed by atoms with Crippen molar-refractivity contribution >= 4 is 21.8 Å². The number of rotatable bonds is 3. The van der Waals surface area contributed by atoms with Gasteiger partial charge in [0.1, 0.15) is 11.6 Å². The second-order valence-electron chi connectivity index (χ2n) is 4.42. The van der Waals surface area contributed by atoms with E-state index in [0.717, 1.165) is 16.1 Å². The fourth-order valence-electron chi connectivity index (χ4n) is 1.84. The summed E-state index contributed by atoms with van der Waals surface area (Å²) in [7, 11) is 1.61. The van der Waals surface area contributed by atoms with Gasteiger partial charge in [-0.15, -0.1) is 0 Å². The second-order valence-corrected chi connectivity index (χ2v) is 5.27. The molecule has 0 aliphatic carbocycles. The fourth-order valence-corrected chi connectivity index (χ4v) is 2.25. The van der Waals surface area contributed by atoms with Gasteiger partial charge in [0.05, 0.1) is 5.56 Å². The molecule has 0 bridgehead atoms. The largest absolute Gasteiger partial charge is 0.508 e. The lowest BCUT2D eigenvalue weighted by atomic mass is 10.1. The van der Waals surface area contributed by atoms with E-state index in [2.05, 4.69) is 15.9 Å². The number of nitrogens with zero attached hydrogens (tertiary/aromatic N) is 1. The quantitative estimate of drug-likeness (QED) is 0.930. The van der Waals surface area contributed by atoms with Gasteiger partial charge in [-0.05, 0) is 23.8 Å². The lowest BCUT2D eigenvalue weighted by Crippen LogP contribution is -2.27. The van der Waals surface area contributed by atoms with Crippen molar-refractivity contribution in [2.75, 3.05) is 7.05 Å². The number of carbonyl (C=O) groups is 1. The maximum atomic E-state index is 13.7. The molecule has 0 saturated carbocycles. The number of hydrogen-bond acceptors (Lipinski definition) is 2. The van der Waals surface area contributed by atoms with Crippen LogP contribution in [0.1, 0.15) is 15.9 Å². The van der Waals surface area contributed by atoms with Crippen molar-refractivity contribution in [3.05, 3.63) is 63.9 Å². The van der Waals surface area contributed by atoms with Gasteiger partial charge in [-0.25, -0.2) is 4.39 Å². The SMILES string of the molecule is CN(Cc1ccccc1Br)C(=O)c1ccc(O)cc1F. The molecule has 1 N–H and O–H groups in total. The highest BCUT2D eigenvalue weighted by molar-refractivity contribution is 9.10. The maximum Gasteiger partial charge on any atom is 0.256 e. The van der Waals surface area contributed by atoms with Crippen molar-refractivity contribution in [1.29, 1.82) is 0 Å². The average molecular weight is 338 g/mol. The molecule has 0 radical (unpaired) electrons. The third kappa shape index (κ3) is 3.17. The number of carbonyl (C=O) groups excluding carboxylic acids is 1. The van der Waals surface area contributed by atoms with Crippen LogP contribution in [0.25, 0.3) is 0 Å². The summed E-state index contributed by atoms with van der Waals surface area (Å²) in [6.45, 7) is 0.362. The van der Waals surface area contributed by atoms with Crippen molar-refractivity contribution in [2.24, 2.45) is 0 Å². The predicted molar refractivity (Wildman–Crippen MR) is 78.0 cm³/mol. The first-order chi connectivity index (χ1) is 9.49. The molecular formula is C15H13BrFNO2. The monoisotopic (exact) mass is 337 g/mol. The molecule has 0 spiro atoms. The van der Waals surface area contributed by atoms with Crippen LogP contribution >= 0.6 is 15.9 Å². The second kappa shape index (κ2) is 6.05. The highest BCUT2D eigenvalue weighted by atomic mass is 79.9. The van der Waals surface area contributed by atoms with Crippen LogP contribution in [0.4, 0.5) is 4.39 Å². The van der Waals surface area contributed by atoms with Gasteiger partial charge in [-0.1, -0.05) is 34.1 Å². The Bertz CT molecular complexity index is 646. The summed E-state index contributed by atoms with van der Waals surface area (Å²) in [4.78, 5) is 13.6. The Morgan fingerprint density at radius 1 is 1.30 bits per heavy atom. The van der Waals surface area contributed by atoms with Crippen molar-refractivity contribution in [2.45, 2.75) is 6.54 Å². The van der Waals surface area contributed by atoms with E-state index in [0.29, 0.717) is 6.54 Å². The minimum Gasteiger partial charge on any atom is -0.508 e. The molecule has 0 saturated heterocycles. The van der Waals surface area contributed by atoms with Crippen LogP contribution in [0.3, 0.4) is 0 Å². The van der Waals surface area contributed by atoms with Crippen LogP contribution in [0, 0.1) is 5.82 Å². The minimum atomic E-state index is -0.728. The predicted octanol–water partition coefficient (Wildman–Crippen LogP) is 3.57. The van der Waals surface area contributed by atoms with Gasteiger partial charge in [0.2, 0.25) is 0 Å². The molecule has 2 aromatic carbocycles. The summed E-state index contributed by atoms with van der Waals surface area (Å²) < 4.78 is 14.6. The Morgan fingerprint density at radius 3 is 2.65 bits per heavy atom. The number of halogens is 2. The molecular weight excluding hydrogens is 325 g/mol. The van der Waals surface area contributed by atoms with E-state index in [1.165, 1.54) is 17.0 Å². The van der Waals surface area contributed by atoms with Crippen molar-refractivity contribution in [1.82, 2.24) is 4.90 Å². The molecule has 3 nitrogen and oxygen atoms in total.